The molecule has 1 saturated carbocycles. The lowest BCUT2D eigenvalue weighted by Crippen LogP contribution is -2.44. The molecule has 2 aliphatic rings. The lowest BCUT2D eigenvalue weighted by Gasteiger charge is -2.41. The zero-order valence-corrected chi connectivity index (χ0v) is 15.6. The van der Waals surface area contributed by atoms with E-state index in [0.717, 1.165) is 23.3 Å². The molecule has 0 spiro atoms. The summed E-state index contributed by atoms with van der Waals surface area (Å²) in [7, 11) is 1.37. The summed E-state index contributed by atoms with van der Waals surface area (Å²) in [4.78, 5) is 30.1. The van der Waals surface area contributed by atoms with Crippen LogP contribution in [0.15, 0.2) is 40.5 Å². The molecule has 4 nitrogen and oxygen atoms in total. The van der Waals surface area contributed by atoms with E-state index < -0.39 is 5.97 Å². The molecular formula is C21H25NO3. The maximum atomic E-state index is 13.0. The van der Waals surface area contributed by atoms with Gasteiger partial charge in [0, 0.05) is 23.7 Å². The van der Waals surface area contributed by atoms with Gasteiger partial charge in [0.25, 0.3) is 0 Å². The van der Waals surface area contributed by atoms with Crippen molar-refractivity contribution in [1.29, 1.82) is 0 Å². The molecule has 0 amide bonds. The van der Waals surface area contributed by atoms with Gasteiger partial charge < -0.3 is 4.74 Å². The summed E-state index contributed by atoms with van der Waals surface area (Å²) in [5, 5.41) is 0. The molecule has 4 heteroatoms. The zero-order chi connectivity index (χ0) is 18.4. The van der Waals surface area contributed by atoms with Crippen LogP contribution in [0.3, 0.4) is 0 Å². The van der Waals surface area contributed by atoms with Gasteiger partial charge in [0.1, 0.15) is 5.78 Å². The van der Waals surface area contributed by atoms with E-state index in [1.807, 2.05) is 38.1 Å². The first-order valence-corrected chi connectivity index (χ1v) is 8.69. The second kappa shape index (κ2) is 6.25. The first-order valence-electron chi connectivity index (χ1n) is 8.69. The van der Waals surface area contributed by atoms with Crippen LogP contribution in [0, 0.1) is 18.3 Å². The summed E-state index contributed by atoms with van der Waals surface area (Å²) >= 11 is 0. The largest absolute Gasteiger partial charge is 0.466 e. The van der Waals surface area contributed by atoms with Crippen molar-refractivity contribution in [3.8, 4) is 0 Å². The Morgan fingerprint density at radius 3 is 2.36 bits per heavy atom. The van der Waals surface area contributed by atoms with Crippen LogP contribution in [-0.4, -0.2) is 24.6 Å². The van der Waals surface area contributed by atoms with Gasteiger partial charge in [0.2, 0.25) is 0 Å². The fraction of sp³-hybridized carbons (Fsp3) is 0.476. The van der Waals surface area contributed by atoms with Crippen LogP contribution in [-0.2, 0) is 14.3 Å². The molecule has 1 heterocycles. The Morgan fingerprint density at radius 2 is 1.76 bits per heavy atom. The highest BCUT2D eigenvalue weighted by atomic mass is 16.5. The SMILES string of the molecule is COC(=O)C1=C(C)N=C2CC(C)(C)CC(=O)C2C1c1ccc(C)cc1. The number of aliphatic imine (C=N–C) groups is 1. The summed E-state index contributed by atoms with van der Waals surface area (Å²) in [6.45, 7) is 8.05. The van der Waals surface area contributed by atoms with Crippen LogP contribution >= 0.6 is 0 Å². The number of methoxy groups -OCH3 is 1. The average molecular weight is 339 g/mol. The first-order chi connectivity index (χ1) is 11.7. The topological polar surface area (TPSA) is 55.7 Å². The maximum Gasteiger partial charge on any atom is 0.336 e. The summed E-state index contributed by atoms with van der Waals surface area (Å²) < 4.78 is 5.01. The third kappa shape index (κ3) is 3.17. The number of hydrogen-bond acceptors (Lipinski definition) is 4. The Bertz CT molecular complexity index is 784. The number of carbonyl (C=O) groups excluding carboxylic acids is 2. The Labute approximate surface area is 149 Å². The van der Waals surface area contributed by atoms with E-state index in [0.29, 0.717) is 17.7 Å². The number of nitrogens with zero attached hydrogens (tertiary/aromatic N) is 1. The van der Waals surface area contributed by atoms with Crippen molar-refractivity contribution < 1.29 is 14.3 Å². The number of fused-ring (bicyclic) bond motifs is 1. The first kappa shape index (κ1) is 17.6. The van der Waals surface area contributed by atoms with E-state index in [1.54, 1.807) is 0 Å². The number of aryl methyl sites for hydroxylation is 1. The predicted molar refractivity (Wildman–Crippen MR) is 97.6 cm³/mol. The maximum absolute atomic E-state index is 13.0. The highest BCUT2D eigenvalue weighted by molar-refractivity contribution is 6.12. The van der Waals surface area contributed by atoms with Crippen molar-refractivity contribution in [2.24, 2.45) is 16.3 Å². The van der Waals surface area contributed by atoms with E-state index in [4.69, 9.17) is 4.74 Å². The minimum atomic E-state index is -0.400. The molecule has 1 aromatic carbocycles. The van der Waals surface area contributed by atoms with Crippen molar-refractivity contribution in [3.63, 3.8) is 0 Å². The van der Waals surface area contributed by atoms with Crippen molar-refractivity contribution in [1.82, 2.24) is 0 Å². The highest BCUT2D eigenvalue weighted by Crippen LogP contribution is 2.46. The van der Waals surface area contributed by atoms with E-state index in [2.05, 4.69) is 18.8 Å². The van der Waals surface area contributed by atoms with Crippen LogP contribution in [0.1, 0.15) is 50.7 Å². The summed E-state index contributed by atoms with van der Waals surface area (Å²) in [5.74, 6) is -0.921. The number of hydrogen-bond donors (Lipinski definition) is 0. The zero-order valence-electron chi connectivity index (χ0n) is 15.6. The van der Waals surface area contributed by atoms with Crippen molar-refractivity contribution in [3.05, 3.63) is 46.7 Å². The van der Waals surface area contributed by atoms with Crippen LogP contribution < -0.4 is 0 Å². The fourth-order valence-corrected chi connectivity index (χ4v) is 4.10. The molecule has 0 saturated heterocycles. The normalized spacial score (nSPS) is 25.3. The number of ether oxygens (including phenoxy) is 1. The van der Waals surface area contributed by atoms with Crippen molar-refractivity contribution in [2.75, 3.05) is 7.11 Å². The Balaban J connectivity index is 2.17. The number of benzene rings is 1. The van der Waals surface area contributed by atoms with Gasteiger partial charge in [-0.25, -0.2) is 4.79 Å². The van der Waals surface area contributed by atoms with Gasteiger partial charge in [-0.2, -0.15) is 0 Å². The lowest BCUT2D eigenvalue weighted by atomic mass is 9.63. The molecule has 0 N–H and O–H groups in total. The van der Waals surface area contributed by atoms with Gasteiger partial charge >= 0.3 is 5.97 Å². The fourth-order valence-electron chi connectivity index (χ4n) is 4.10. The van der Waals surface area contributed by atoms with Gasteiger partial charge in [0.15, 0.2) is 0 Å². The van der Waals surface area contributed by atoms with Crippen LogP contribution in [0.5, 0.6) is 0 Å². The molecule has 2 unspecified atom stereocenters. The molecule has 1 aliphatic carbocycles. The van der Waals surface area contributed by atoms with E-state index in [9.17, 15) is 9.59 Å². The number of allylic oxidation sites excluding steroid dienone is 1. The molecule has 132 valence electrons. The van der Waals surface area contributed by atoms with E-state index in [-0.39, 0.29) is 23.0 Å². The van der Waals surface area contributed by atoms with Gasteiger partial charge in [-0.05, 0) is 31.2 Å². The van der Waals surface area contributed by atoms with Crippen LogP contribution in [0.2, 0.25) is 0 Å². The Morgan fingerprint density at radius 1 is 1.12 bits per heavy atom. The molecule has 3 rings (SSSR count). The van der Waals surface area contributed by atoms with Gasteiger partial charge in [-0.3, -0.25) is 9.79 Å². The number of ketones is 1. The number of rotatable bonds is 2. The van der Waals surface area contributed by atoms with E-state index >= 15 is 0 Å². The molecular weight excluding hydrogens is 314 g/mol. The minimum absolute atomic E-state index is 0.0900. The number of carbonyl (C=O) groups is 2. The number of Topliss-reactive ketones (excluding diaryl/α,β-unsaturated/α-hetero) is 1. The van der Waals surface area contributed by atoms with Gasteiger partial charge in [-0.1, -0.05) is 43.7 Å². The summed E-state index contributed by atoms with van der Waals surface area (Å²) in [5.41, 5.74) is 4.09. The van der Waals surface area contributed by atoms with Crippen LogP contribution in [0.25, 0.3) is 0 Å². The molecule has 0 aromatic heterocycles. The molecule has 2 atom stereocenters. The highest BCUT2D eigenvalue weighted by Gasteiger charge is 2.47. The lowest BCUT2D eigenvalue weighted by molar-refractivity contribution is -0.136. The quantitative estimate of drug-likeness (QED) is 0.766. The van der Waals surface area contributed by atoms with Gasteiger partial charge in [0.05, 0.1) is 18.6 Å². The molecule has 1 aromatic rings. The second-order valence-electron chi connectivity index (χ2n) is 7.94. The monoisotopic (exact) mass is 339 g/mol. The molecule has 1 aliphatic heterocycles. The molecule has 25 heavy (non-hydrogen) atoms. The second-order valence-corrected chi connectivity index (χ2v) is 7.94. The summed E-state index contributed by atoms with van der Waals surface area (Å²) in [6, 6.07) is 8.04. The van der Waals surface area contributed by atoms with Crippen molar-refractivity contribution >= 4 is 17.5 Å². The van der Waals surface area contributed by atoms with Crippen LogP contribution in [0.4, 0.5) is 0 Å². The molecule has 0 radical (unpaired) electrons. The predicted octanol–water partition coefficient (Wildman–Crippen LogP) is 3.99. The molecule has 1 fully saturated rings. The minimum Gasteiger partial charge on any atom is -0.466 e. The average Bonchev–Trinajstić information content (AvgIpc) is 2.52. The summed E-state index contributed by atoms with van der Waals surface area (Å²) in [6.07, 6.45) is 1.28. The third-order valence-corrected chi connectivity index (χ3v) is 5.21. The third-order valence-electron chi connectivity index (χ3n) is 5.21. The Kier molecular flexibility index (Phi) is 4.40. The number of esters is 1. The van der Waals surface area contributed by atoms with E-state index in [1.165, 1.54) is 7.11 Å². The standard InChI is InChI=1S/C21H25NO3/c1-12-6-8-14(9-7-12)18-17(20(24)25-5)13(2)22-15-10-21(3,4)11-16(23)19(15)18/h6-9,18-19H,10-11H2,1-5H3. The van der Waals surface area contributed by atoms with Crippen molar-refractivity contribution in [2.45, 2.75) is 46.5 Å². The smallest absolute Gasteiger partial charge is 0.336 e. The van der Waals surface area contributed by atoms with Gasteiger partial charge in [-0.15, -0.1) is 0 Å². The molecule has 0 bridgehead atoms. The Hall–Kier alpha value is -2.23.